The van der Waals surface area contributed by atoms with Crippen molar-refractivity contribution in [2.45, 2.75) is 18.9 Å². The molecule has 92 valence electrons. The number of oxime groups is 1. The molecule has 1 aliphatic rings. The summed E-state index contributed by atoms with van der Waals surface area (Å²) in [7, 11) is 0. The highest BCUT2D eigenvalue weighted by Gasteiger charge is 2.34. The highest BCUT2D eigenvalue weighted by molar-refractivity contribution is 6.04. The SMILES string of the molecule is C[C@@]1(CO)CC(c2ccc3ccccc3c2)=NO1. The van der Waals surface area contributed by atoms with Gasteiger partial charge in [0.1, 0.15) is 0 Å². The summed E-state index contributed by atoms with van der Waals surface area (Å²) in [6.45, 7) is 1.85. The van der Waals surface area contributed by atoms with E-state index in [4.69, 9.17) is 4.84 Å². The van der Waals surface area contributed by atoms with Gasteiger partial charge in [-0.1, -0.05) is 41.6 Å². The lowest BCUT2D eigenvalue weighted by atomic mass is 9.95. The molecule has 0 amide bonds. The predicted octanol–water partition coefficient (Wildman–Crippen LogP) is 2.72. The molecule has 0 unspecified atom stereocenters. The predicted molar refractivity (Wildman–Crippen MR) is 71.7 cm³/mol. The second-order valence-corrected chi connectivity index (χ2v) is 4.98. The second-order valence-electron chi connectivity index (χ2n) is 4.98. The van der Waals surface area contributed by atoms with E-state index in [2.05, 4.69) is 29.4 Å². The third-order valence-corrected chi connectivity index (χ3v) is 3.33. The van der Waals surface area contributed by atoms with Gasteiger partial charge in [0.15, 0.2) is 5.60 Å². The Kier molecular flexibility index (Phi) is 2.56. The zero-order chi connectivity index (χ0) is 12.6. The third-order valence-electron chi connectivity index (χ3n) is 3.33. The molecule has 3 heteroatoms. The van der Waals surface area contributed by atoms with Gasteiger partial charge < -0.3 is 9.94 Å². The average molecular weight is 241 g/mol. The van der Waals surface area contributed by atoms with E-state index in [0.29, 0.717) is 6.42 Å². The van der Waals surface area contributed by atoms with Gasteiger partial charge in [-0.05, 0) is 23.8 Å². The van der Waals surface area contributed by atoms with Crippen molar-refractivity contribution >= 4 is 16.5 Å². The number of fused-ring (bicyclic) bond motifs is 1. The van der Waals surface area contributed by atoms with Crippen LogP contribution in [0, 0.1) is 0 Å². The van der Waals surface area contributed by atoms with Gasteiger partial charge in [-0.3, -0.25) is 0 Å². The van der Waals surface area contributed by atoms with Crippen LogP contribution in [0.25, 0.3) is 10.8 Å². The van der Waals surface area contributed by atoms with Crippen molar-refractivity contribution in [2.24, 2.45) is 5.16 Å². The lowest BCUT2D eigenvalue weighted by molar-refractivity contribution is -0.0428. The zero-order valence-corrected chi connectivity index (χ0v) is 10.3. The van der Waals surface area contributed by atoms with Crippen LogP contribution >= 0.6 is 0 Å². The molecule has 0 saturated carbocycles. The van der Waals surface area contributed by atoms with E-state index >= 15 is 0 Å². The summed E-state index contributed by atoms with van der Waals surface area (Å²) >= 11 is 0. The number of nitrogens with zero attached hydrogens (tertiary/aromatic N) is 1. The average Bonchev–Trinajstić information content (AvgIpc) is 2.82. The lowest BCUT2D eigenvalue weighted by Gasteiger charge is -2.17. The quantitative estimate of drug-likeness (QED) is 0.878. The van der Waals surface area contributed by atoms with Crippen LogP contribution in [0.3, 0.4) is 0 Å². The Morgan fingerprint density at radius 3 is 2.72 bits per heavy atom. The maximum atomic E-state index is 9.26. The number of hydrogen-bond acceptors (Lipinski definition) is 3. The molecule has 0 aliphatic carbocycles. The summed E-state index contributed by atoms with van der Waals surface area (Å²) in [6, 6.07) is 14.5. The minimum absolute atomic E-state index is 0.0203. The number of hydrogen-bond donors (Lipinski definition) is 1. The van der Waals surface area contributed by atoms with Gasteiger partial charge in [0.2, 0.25) is 0 Å². The molecule has 1 atom stereocenters. The first-order valence-corrected chi connectivity index (χ1v) is 6.05. The fourth-order valence-corrected chi connectivity index (χ4v) is 2.19. The zero-order valence-electron chi connectivity index (χ0n) is 10.3. The fraction of sp³-hybridized carbons (Fsp3) is 0.267. The van der Waals surface area contributed by atoms with Gasteiger partial charge in [-0.25, -0.2) is 0 Å². The van der Waals surface area contributed by atoms with Gasteiger partial charge in [0.25, 0.3) is 0 Å². The van der Waals surface area contributed by atoms with Crippen LogP contribution in [-0.4, -0.2) is 23.0 Å². The van der Waals surface area contributed by atoms with Crippen LogP contribution in [0.4, 0.5) is 0 Å². The Balaban J connectivity index is 1.96. The first kappa shape index (κ1) is 11.2. The minimum atomic E-state index is -0.568. The van der Waals surface area contributed by atoms with Crippen molar-refractivity contribution in [1.29, 1.82) is 0 Å². The van der Waals surface area contributed by atoms with Crippen LogP contribution in [-0.2, 0) is 4.84 Å². The highest BCUT2D eigenvalue weighted by Crippen LogP contribution is 2.27. The van der Waals surface area contributed by atoms with Crippen molar-refractivity contribution in [1.82, 2.24) is 0 Å². The van der Waals surface area contributed by atoms with Gasteiger partial charge in [0.05, 0.1) is 12.3 Å². The Hall–Kier alpha value is -1.87. The van der Waals surface area contributed by atoms with Crippen molar-refractivity contribution in [3.8, 4) is 0 Å². The van der Waals surface area contributed by atoms with Gasteiger partial charge in [-0.15, -0.1) is 0 Å². The summed E-state index contributed by atoms with van der Waals surface area (Å²) in [4.78, 5) is 5.31. The molecular formula is C15H15NO2. The summed E-state index contributed by atoms with van der Waals surface area (Å²) in [5, 5.41) is 15.8. The van der Waals surface area contributed by atoms with Crippen molar-refractivity contribution < 1.29 is 9.94 Å². The Morgan fingerprint density at radius 1 is 1.22 bits per heavy atom. The molecule has 2 aromatic rings. The molecule has 0 saturated heterocycles. The molecule has 0 aromatic heterocycles. The second kappa shape index (κ2) is 4.10. The summed E-state index contributed by atoms with van der Waals surface area (Å²) < 4.78 is 0. The molecule has 1 aliphatic heterocycles. The molecule has 1 heterocycles. The monoisotopic (exact) mass is 241 g/mol. The van der Waals surface area contributed by atoms with E-state index in [1.54, 1.807) is 0 Å². The Morgan fingerprint density at radius 2 is 2.00 bits per heavy atom. The van der Waals surface area contributed by atoms with E-state index in [1.165, 1.54) is 10.8 Å². The number of aliphatic hydroxyl groups excluding tert-OH is 1. The Bertz CT molecular complexity index is 621. The van der Waals surface area contributed by atoms with Gasteiger partial charge >= 0.3 is 0 Å². The third kappa shape index (κ3) is 1.87. The van der Waals surface area contributed by atoms with E-state index in [0.717, 1.165) is 11.3 Å². The van der Waals surface area contributed by atoms with Gasteiger partial charge in [-0.2, -0.15) is 0 Å². The van der Waals surface area contributed by atoms with Crippen LogP contribution < -0.4 is 0 Å². The lowest BCUT2D eigenvalue weighted by Crippen LogP contribution is -2.29. The molecule has 0 bridgehead atoms. The van der Waals surface area contributed by atoms with Crippen LogP contribution in [0.1, 0.15) is 18.9 Å². The fourth-order valence-electron chi connectivity index (χ4n) is 2.19. The smallest absolute Gasteiger partial charge is 0.163 e. The molecule has 3 rings (SSSR count). The standard InChI is InChI=1S/C15H15NO2/c1-15(10-17)9-14(16-18-15)13-7-6-11-4-2-3-5-12(11)8-13/h2-8,17H,9-10H2,1H3/t15-/m0/s1. The first-order valence-electron chi connectivity index (χ1n) is 6.05. The molecular weight excluding hydrogens is 226 g/mol. The van der Waals surface area contributed by atoms with Gasteiger partial charge in [0, 0.05) is 12.0 Å². The number of benzene rings is 2. The Labute approximate surface area is 106 Å². The minimum Gasteiger partial charge on any atom is -0.392 e. The van der Waals surface area contributed by atoms with Crippen molar-refractivity contribution in [2.75, 3.05) is 6.61 Å². The summed E-state index contributed by atoms with van der Waals surface area (Å²) in [5.74, 6) is 0. The normalized spacial score (nSPS) is 22.9. The first-order chi connectivity index (χ1) is 8.70. The molecule has 18 heavy (non-hydrogen) atoms. The van der Waals surface area contributed by atoms with Crippen LogP contribution in [0.5, 0.6) is 0 Å². The maximum absolute atomic E-state index is 9.26. The van der Waals surface area contributed by atoms with Crippen molar-refractivity contribution in [3.05, 3.63) is 48.0 Å². The molecule has 0 radical (unpaired) electrons. The molecule has 0 fully saturated rings. The topological polar surface area (TPSA) is 41.8 Å². The van der Waals surface area contributed by atoms with E-state index in [9.17, 15) is 5.11 Å². The molecule has 1 N–H and O–H groups in total. The largest absolute Gasteiger partial charge is 0.392 e. The summed E-state index contributed by atoms with van der Waals surface area (Å²) in [6.07, 6.45) is 0.641. The molecule has 2 aromatic carbocycles. The van der Waals surface area contributed by atoms with E-state index in [1.807, 2.05) is 25.1 Å². The number of rotatable bonds is 2. The maximum Gasteiger partial charge on any atom is 0.163 e. The van der Waals surface area contributed by atoms with Crippen LogP contribution in [0.2, 0.25) is 0 Å². The highest BCUT2D eigenvalue weighted by atomic mass is 16.7. The van der Waals surface area contributed by atoms with E-state index in [-0.39, 0.29) is 6.61 Å². The molecule has 0 spiro atoms. The molecule has 3 nitrogen and oxygen atoms in total. The number of aliphatic hydroxyl groups is 1. The summed E-state index contributed by atoms with van der Waals surface area (Å²) in [5.41, 5.74) is 1.39. The van der Waals surface area contributed by atoms with E-state index < -0.39 is 5.60 Å². The van der Waals surface area contributed by atoms with Crippen LogP contribution in [0.15, 0.2) is 47.6 Å². The van der Waals surface area contributed by atoms with Crippen molar-refractivity contribution in [3.63, 3.8) is 0 Å².